The molecule has 1 aromatic heterocycles. The highest BCUT2D eigenvalue weighted by atomic mass is 16.6. The first-order chi connectivity index (χ1) is 8.04. The van der Waals surface area contributed by atoms with Gasteiger partial charge in [0, 0.05) is 0 Å². The highest BCUT2D eigenvalue weighted by Gasteiger charge is 2.18. The minimum absolute atomic E-state index is 0.160. The number of rotatable bonds is 5. The van der Waals surface area contributed by atoms with Crippen LogP contribution in [0.25, 0.3) is 0 Å². The molecular formula is C10H12O7. The summed E-state index contributed by atoms with van der Waals surface area (Å²) in [5.41, 5.74) is 0. The maximum absolute atomic E-state index is 11.2. The van der Waals surface area contributed by atoms with E-state index in [0.717, 1.165) is 0 Å². The summed E-state index contributed by atoms with van der Waals surface area (Å²) >= 11 is 0. The molecule has 0 aromatic carbocycles. The van der Waals surface area contributed by atoms with Gasteiger partial charge in [-0.1, -0.05) is 0 Å². The van der Waals surface area contributed by atoms with E-state index >= 15 is 0 Å². The lowest BCUT2D eigenvalue weighted by Gasteiger charge is -2.04. The normalized spacial score (nSPS) is 11.9. The van der Waals surface area contributed by atoms with Crippen molar-refractivity contribution in [3.8, 4) is 0 Å². The fraction of sp³-hybridized carbons (Fsp3) is 0.400. The van der Waals surface area contributed by atoms with Crippen molar-refractivity contribution in [2.45, 2.75) is 13.2 Å². The molecule has 0 amide bonds. The number of aliphatic hydroxyl groups is 2. The predicted octanol–water partition coefficient (Wildman–Crippen LogP) is -0.0762. The van der Waals surface area contributed by atoms with Crippen LogP contribution >= 0.6 is 0 Å². The molecule has 0 spiro atoms. The molecule has 0 bridgehead atoms. The lowest BCUT2D eigenvalue weighted by atomic mass is 10.4. The van der Waals surface area contributed by atoms with E-state index in [1.807, 2.05) is 0 Å². The molecule has 0 fully saturated rings. The minimum atomic E-state index is -1.27. The lowest BCUT2D eigenvalue weighted by molar-refractivity contribution is -0.0544. The van der Waals surface area contributed by atoms with Crippen LogP contribution in [0.4, 0.5) is 0 Å². The smallest absolute Gasteiger partial charge is 0.376 e. The van der Waals surface area contributed by atoms with Gasteiger partial charge in [0.05, 0.1) is 6.61 Å². The van der Waals surface area contributed by atoms with Crippen molar-refractivity contribution in [3.63, 3.8) is 0 Å². The zero-order chi connectivity index (χ0) is 12.8. The number of ether oxygens (including phenoxy) is 2. The molecule has 0 aliphatic carbocycles. The fourth-order valence-electron chi connectivity index (χ4n) is 0.980. The molecule has 1 unspecified atom stereocenters. The van der Waals surface area contributed by atoms with Gasteiger partial charge in [0.25, 0.3) is 0 Å². The molecule has 1 aromatic rings. The van der Waals surface area contributed by atoms with E-state index in [-0.39, 0.29) is 24.7 Å². The summed E-state index contributed by atoms with van der Waals surface area (Å²) in [6.45, 7) is 0.799. The Bertz CT molecular complexity index is 393. The van der Waals surface area contributed by atoms with Crippen molar-refractivity contribution in [2.24, 2.45) is 0 Å². The van der Waals surface area contributed by atoms with Crippen LogP contribution in [0, 0.1) is 0 Å². The van der Waals surface area contributed by atoms with Gasteiger partial charge in [0.1, 0.15) is 6.61 Å². The summed E-state index contributed by atoms with van der Waals surface area (Å²) < 4.78 is 13.9. The van der Waals surface area contributed by atoms with Gasteiger partial charge in [-0.05, 0) is 19.1 Å². The van der Waals surface area contributed by atoms with Gasteiger partial charge in [0.15, 0.2) is 6.29 Å². The second-order valence-corrected chi connectivity index (χ2v) is 3.03. The van der Waals surface area contributed by atoms with Crippen molar-refractivity contribution < 1.29 is 33.7 Å². The highest BCUT2D eigenvalue weighted by molar-refractivity contribution is 5.90. The Morgan fingerprint density at radius 3 is 2.47 bits per heavy atom. The zero-order valence-electron chi connectivity index (χ0n) is 9.08. The lowest BCUT2D eigenvalue weighted by Crippen LogP contribution is -2.13. The summed E-state index contributed by atoms with van der Waals surface area (Å²) in [5.74, 6) is -2.09. The Kier molecular flexibility index (Phi) is 4.68. The average Bonchev–Trinajstić information content (AvgIpc) is 2.74. The molecule has 0 aliphatic rings. The number of aliphatic hydroxyl groups excluding tert-OH is 2. The van der Waals surface area contributed by atoms with E-state index in [9.17, 15) is 9.59 Å². The fourth-order valence-corrected chi connectivity index (χ4v) is 0.980. The van der Waals surface area contributed by atoms with Crippen LogP contribution in [0.1, 0.15) is 28.0 Å². The molecule has 0 saturated carbocycles. The molecule has 0 radical (unpaired) electrons. The van der Waals surface area contributed by atoms with Crippen molar-refractivity contribution >= 4 is 11.9 Å². The largest absolute Gasteiger partial charge is 0.457 e. The van der Waals surface area contributed by atoms with Crippen molar-refractivity contribution in [3.05, 3.63) is 23.7 Å². The van der Waals surface area contributed by atoms with E-state index in [1.165, 1.54) is 19.1 Å². The third-order valence-electron chi connectivity index (χ3n) is 1.61. The third kappa shape index (κ3) is 3.89. The van der Waals surface area contributed by atoms with Crippen molar-refractivity contribution in [1.29, 1.82) is 0 Å². The zero-order valence-corrected chi connectivity index (χ0v) is 9.08. The average molecular weight is 244 g/mol. The number of esters is 2. The molecule has 1 rings (SSSR count). The van der Waals surface area contributed by atoms with Crippen LogP contribution in [-0.2, 0) is 9.47 Å². The number of hydrogen-bond donors (Lipinski definition) is 2. The molecule has 7 nitrogen and oxygen atoms in total. The van der Waals surface area contributed by atoms with E-state index in [0.29, 0.717) is 0 Å². The molecule has 0 saturated heterocycles. The summed E-state index contributed by atoms with van der Waals surface area (Å²) in [6.07, 6.45) is -1.27. The van der Waals surface area contributed by atoms with Gasteiger partial charge in [-0.3, -0.25) is 0 Å². The molecule has 7 heteroatoms. The Morgan fingerprint density at radius 1 is 1.35 bits per heavy atom. The van der Waals surface area contributed by atoms with Gasteiger partial charge in [-0.25, -0.2) is 9.59 Å². The second-order valence-electron chi connectivity index (χ2n) is 3.03. The maximum atomic E-state index is 11.2. The Hall–Kier alpha value is -1.86. The number of furan rings is 1. The van der Waals surface area contributed by atoms with Gasteiger partial charge in [-0.15, -0.1) is 0 Å². The van der Waals surface area contributed by atoms with Crippen LogP contribution in [0.3, 0.4) is 0 Å². The standard InChI is InChI=1S/C10H12O7/c1-6(12)16-10(14)8-3-2-7(17-8)9(13)15-5-4-11/h2-3,6,11-12H,4-5H2,1H3. The SMILES string of the molecule is CC(O)OC(=O)c1ccc(C(=O)OCCO)o1. The van der Waals surface area contributed by atoms with Crippen molar-refractivity contribution in [1.82, 2.24) is 0 Å². The molecule has 1 heterocycles. The van der Waals surface area contributed by atoms with Crippen LogP contribution in [0.2, 0.25) is 0 Å². The van der Waals surface area contributed by atoms with Crippen LogP contribution in [0.15, 0.2) is 16.5 Å². The van der Waals surface area contributed by atoms with Gasteiger partial charge < -0.3 is 24.1 Å². The summed E-state index contributed by atoms with van der Waals surface area (Å²) in [5, 5.41) is 17.3. The maximum Gasteiger partial charge on any atom is 0.376 e. The summed E-state index contributed by atoms with van der Waals surface area (Å²) in [6, 6.07) is 2.46. The molecular weight excluding hydrogens is 232 g/mol. The minimum Gasteiger partial charge on any atom is -0.457 e. The first-order valence-electron chi connectivity index (χ1n) is 4.81. The summed E-state index contributed by atoms with van der Waals surface area (Å²) in [7, 11) is 0. The molecule has 94 valence electrons. The van der Waals surface area contributed by atoms with Gasteiger partial charge >= 0.3 is 11.9 Å². The van der Waals surface area contributed by atoms with Crippen LogP contribution in [-0.4, -0.2) is 41.7 Å². The second kappa shape index (κ2) is 6.02. The van der Waals surface area contributed by atoms with Crippen LogP contribution < -0.4 is 0 Å². The molecule has 17 heavy (non-hydrogen) atoms. The predicted molar refractivity (Wildman–Crippen MR) is 53.2 cm³/mol. The van der Waals surface area contributed by atoms with E-state index in [2.05, 4.69) is 9.47 Å². The highest BCUT2D eigenvalue weighted by Crippen LogP contribution is 2.11. The van der Waals surface area contributed by atoms with Crippen molar-refractivity contribution in [2.75, 3.05) is 13.2 Å². The van der Waals surface area contributed by atoms with E-state index in [4.69, 9.17) is 14.6 Å². The number of carbonyl (C=O) groups is 2. The quantitative estimate of drug-likeness (QED) is 0.551. The molecule has 1 atom stereocenters. The molecule has 0 aliphatic heterocycles. The first kappa shape index (κ1) is 13.2. The Balaban J connectivity index is 2.64. The number of carbonyl (C=O) groups excluding carboxylic acids is 2. The third-order valence-corrected chi connectivity index (χ3v) is 1.61. The Morgan fingerprint density at radius 2 is 1.94 bits per heavy atom. The van der Waals surface area contributed by atoms with E-state index in [1.54, 1.807) is 0 Å². The molecule has 2 N–H and O–H groups in total. The van der Waals surface area contributed by atoms with Gasteiger partial charge in [0.2, 0.25) is 11.5 Å². The monoisotopic (exact) mass is 244 g/mol. The topological polar surface area (TPSA) is 106 Å². The van der Waals surface area contributed by atoms with Crippen LogP contribution in [0.5, 0.6) is 0 Å². The summed E-state index contributed by atoms with van der Waals surface area (Å²) in [4.78, 5) is 22.5. The first-order valence-corrected chi connectivity index (χ1v) is 4.81. The Labute approximate surface area is 96.6 Å². The van der Waals surface area contributed by atoms with Gasteiger partial charge in [-0.2, -0.15) is 0 Å². The number of hydrogen-bond acceptors (Lipinski definition) is 7. The van der Waals surface area contributed by atoms with E-state index < -0.39 is 18.2 Å².